The Kier molecular flexibility index (Phi) is 3.36. The quantitative estimate of drug-likeness (QED) is 0.565. The van der Waals surface area contributed by atoms with E-state index in [1.54, 1.807) is 6.07 Å². The normalized spacial score (nSPS) is 11.0. The Labute approximate surface area is 126 Å². The predicted molar refractivity (Wildman–Crippen MR) is 81.9 cm³/mol. The van der Waals surface area contributed by atoms with E-state index in [9.17, 15) is 4.39 Å². The second-order valence-electron chi connectivity index (χ2n) is 4.52. The third-order valence-corrected chi connectivity index (χ3v) is 4.04. The first kappa shape index (κ1) is 13.3. The third kappa shape index (κ3) is 2.05. The monoisotopic (exact) mass is 305 g/mol. The Balaban J connectivity index is 2.40. The van der Waals surface area contributed by atoms with Crippen molar-refractivity contribution >= 4 is 34.1 Å². The maximum Gasteiger partial charge on any atom is 0.168 e. The second kappa shape index (κ2) is 5.04. The molecule has 1 aromatic heterocycles. The fourth-order valence-electron chi connectivity index (χ4n) is 2.21. The Morgan fingerprint density at radius 2 is 1.70 bits per heavy atom. The van der Waals surface area contributed by atoms with Crippen molar-refractivity contribution in [1.29, 1.82) is 0 Å². The van der Waals surface area contributed by atoms with Gasteiger partial charge in [-0.15, -0.1) is 0 Å². The van der Waals surface area contributed by atoms with E-state index >= 15 is 0 Å². The lowest BCUT2D eigenvalue weighted by atomic mass is 10.0. The first-order chi connectivity index (χ1) is 9.59. The lowest BCUT2D eigenvalue weighted by Gasteiger charge is -2.11. The van der Waals surface area contributed by atoms with Crippen LogP contribution in [0.25, 0.3) is 22.2 Å². The summed E-state index contributed by atoms with van der Waals surface area (Å²) in [5, 5.41) is 1.12. The summed E-state index contributed by atoms with van der Waals surface area (Å²) in [6.45, 7) is 1.88. The third-order valence-electron chi connectivity index (χ3n) is 3.26. The predicted octanol–water partition coefficient (Wildman–Crippen LogP) is 5.66. The Morgan fingerprint density at radius 3 is 2.40 bits per heavy atom. The molecule has 0 saturated heterocycles. The van der Waals surface area contributed by atoms with Crippen LogP contribution in [0.1, 0.15) is 5.56 Å². The van der Waals surface area contributed by atoms with Crippen molar-refractivity contribution < 1.29 is 4.39 Å². The molecule has 20 heavy (non-hydrogen) atoms. The van der Waals surface area contributed by atoms with Crippen molar-refractivity contribution in [2.45, 2.75) is 6.92 Å². The molecule has 0 radical (unpaired) electrons. The number of nitrogens with zero attached hydrogens (tertiary/aromatic N) is 1. The highest BCUT2D eigenvalue weighted by Gasteiger charge is 2.15. The van der Waals surface area contributed by atoms with Crippen molar-refractivity contribution in [1.82, 2.24) is 4.98 Å². The number of hydrogen-bond donors (Lipinski definition) is 0. The average Bonchev–Trinajstić information content (AvgIpc) is 2.47. The molecule has 4 heteroatoms. The minimum atomic E-state index is -0.539. The molecule has 0 N–H and O–H groups in total. The molecule has 0 spiro atoms. The van der Waals surface area contributed by atoms with Crippen LogP contribution >= 0.6 is 23.2 Å². The Morgan fingerprint density at radius 1 is 1.00 bits per heavy atom. The second-order valence-corrected chi connectivity index (χ2v) is 5.31. The number of halogens is 3. The van der Waals surface area contributed by atoms with E-state index in [0.29, 0.717) is 16.1 Å². The molecule has 1 heterocycles. The minimum absolute atomic E-state index is 0.0453. The molecule has 0 saturated carbocycles. The summed E-state index contributed by atoms with van der Waals surface area (Å²) in [7, 11) is 0. The number of fused-ring (bicyclic) bond motifs is 1. The maximum atomic E-state index is 14.2. The van der Waals surface area contributed by atoms with Crippen LogP contribution in [0.4, 0.5) is 4.39 Å². The van der Waals surface area contributed by atoms with E-state index in [0.717, 1.165) is 11.1 Å². The van der Waals surface area contributed by atoms with Crippen LogP contribution < -0.4 is 0 Å². The van der Waals surface area contributed by atoms with Gasteiger partial charge in [0, 0.05) is 10.9 Å². The maximum absolute atomic E-state index is 14.2. The van der Waals surface area contributed by atoms with Gasteiger partial charge < -0.3 is 0 Å². The first-order valence-corrected chi connectivity index (χ1v) is 6.84. The summed E-state index contributed by atoms with van der Waals surface area (Å²) < 4.78 is 14.2. The van der Waals surface area contributed by atoms with E-state index in [4.69, 9.17) is 23.2 Å². The lowest BCUT2D eigenvalue weighted by Crippen LogP contribution is -1.94. The van der Waals surface area contributed by atoms with Gasteiger partial charge in [-0.3, -0.25) is 0 Å². The zero-order chi connectivity index (χ0) is 14.3. The van der Waals surface area contributed by atoms with Gasteiger partial charge in [-0.25, -0.2) is 9.37 Å². The molecule has 1 nitrogen and oxygen atoms in total. The number of hydrogen-bond acceptors (Lipinski definition) is 1. The molecule has 0 atom stereocenters. The molecule has 0 aliphatic carbocycles. The van der Waals surface area contributed by atoms with Gasteiger partial charge in [-0.05, 0) is 24.6 Å². The fraction of sp³-hybridized carbons (Fsp3) is 0.0625. The molecular formula is C16H10Cl2FN. The van der Waals surface area contributed by atoms with Crippen molar-refractivity contribution in [2.75, 3.05) is 0 Å². The molecule has 3 rings (SSSR count). The number of benzene rings is 2. The minimum Gasteiger partial charge on any atom is -0.244 e. The Bertz CT molecular complexity index is 801. The molecule has 100 valence electrons. The summed E-state index contributed by atoms with van der Waals surface area (Å²) >= 11 is 12.2. The molecule has 0 aliphatic rings. The van der Waals surface area contributed by atoms with Gasteiger partial charge >= 0.3 is 0 Å². The molecule has 0 unspecified atom stereocenters. The summed E-state index contributed by atoms with van der Waals surface area (Å²) in [6, 6.07) is 12.7. The highest BCUT2D eigenvalue weighted by Crippen LogP contribution is 2.35. The molecule has 0 bridgehead atoms. The smallest absolute Gasteiger partial charge is 0.168 e. The van der Waals surface area contributed by atoms with Crippen molar-refractivity contribution in [3.05, 3.63) is 63.9 Å². The van der Waals surface area contributed by atoms with E-state index in [1.165, 1.54) is 6.07 Å². The van der Waals surface area contributed by atoms with Gasteiger partial charge in [0.25, 0.3) is 0 Å². The van der Waals surface area contributed by atoms with E-state index in [-0.39, 0.29) is 10.5 Å². The molecule has 0 aliphatic heterocycles. The van der Waals surface area contributed by atoms with Crippen LogP contribution in [0, 0.1) is 12.7 Å². The first-order valence-electron chi connectivity index (χ1n) is 6.09. The highest BCUT2D eigenvalue weighted by atomic mass is 35.5. The van der Waals surface area contributed by atoms with Gasteiger partial charge in [0.15, 0.2) is 5.82 Å². The fourth-order valence-corrected chi connectivity index (χ4v) is 2.60. The largest absolute Gasteiger partial charge is 0.244 e. The SMILES string of the molecule is Cc1c(-c2ccccc2)nc2c(F)c(Cl)ccc2c1Cl. The van der Waals surface area contributed by atoms with Crippen molar-refractivity contribution in [3.8, 4) is 11.3 Å². The summed E-state index contributed by atoms with van der Waals surface area (Å²) in [6.07, 6.45) is 0. The van der Waals surface area contributed by atoms with Gasteiger partial charge in [-0.1, -0.05) is 53.5 Å². The Hall–Kier alpha value is -1.64. The average molecular weight is 306 g/mol. The number of rotatable bonds is 1. The van der Waals surface area contributed by atoms with Crippen LogP contribution in [-0.4, -0.2) is 4.98 Å². The van der Waals surface area contributed by atoms with Crippen LogP contribution in [-0.2, 0) is 0 Å². The van der Waals surface area contributed by atoms with Crippen molar-refractivity contribution in [3.63, 3.8) is 0 Å². The highest BCUT2D eigenvalue weighted by molar-refractivity contribution is 6.37. The van der Waals surface area contributed by atoms with Gasteiger partial charge in [0.1, 0.15) is 5.52 Å². The summed E-state index contributed by atoms with van der Waals surface area (Å²) in [5.41, 5.74) is 2.59. The molecular weight excluding hydrogens is 296 g/mol. The zero-order valence-corrected chi connectivity index (χ0v) is 12.1. The topological polar surface area (TPSA) is 12.9 Å². The van der Waals surface area contributed by atoms with Crippen molar-refractivity contribution in [2.24, 2.45) is 0 Å². The molecule has 0 fully saturated rings. The summed E-state index contributed by atoms with van der Waals surface area (Å²) in [5.74, 6) is -0.539. The van der Waals surface area contributed by atoms with E-state index < -0.39 is 5.82 Å². The van der Waals surface area contributed by atoms with Gasteiger partial charge in [0.2, 0.25) is 0 Å². The van der Waals surface area contributed by atoms with Crippen LogP contribution in [0.2, 0.25) is 10.0 Å². The van der Waals surface area contributed by atoms with Crippen LogP contribution in [0.15, 0.2) is 42.5 Å². The lowest BCUT2D eigenvalue weighted by molar-refractivity contribution is 0.637. The summed E-state index contributed by atoms with van der Waals surface area (Å²) in [4.78, 5) is 4.42. The molecule has 0 amide bonds. The van der Waals surface area contributed by atoms with E-state index in [1.807, 2.05) is 37.3 Å². The van der Waals surface area contributed by atoms with Crippen LogP contribution in [0.3, 0.4) is 0 Å². The van der Waals surface area contributed by atoms with E-state index in [2.05, 4.69) is 4.98 Å². The zero-order valence-electron chi connectivity index (χ0n) is 10.6. The molecule has 3 aromatic rings. The van der Waals surface area contributed by atoms with Gasteiger partial charge in [-0.2, -0.15) is 0 Å². The van der Waals surface area contributed by atoms with Gasteiger partial charge in [0.05, 0.1) is 15.7 Å². The molecule has 2 aromatic carbocycles. The van der Waals surface area contributed by atoms with Crippen LogP contribution in [0.5, 0.6) is 0 Å². The number of aromatic nitrogens is 1. The number of pyridine rings is 1. The standard InChI is InChI=1S/C16H10Cl2FN/c1-9-13(18)11-7-8-12(17)14(19)16(11)20-15(9)10-5-3-2-4-6-10/h2-8H,1H3.